The van der Waals surface area contributed by atoms with E-state index in [2.05, 4.69) is 39.8 Å². The molecule has 0 saturated heterocycles. The van der Waals surface area contributed by atoms with Crippen LogP contribution in [0, 0.1) is 0 Å². The van der Waals surface area contributed by atoms with E-state index in [0.717, 1.165) is 0 Å². The quantitative estimate of drug-likeness (QED) is 0.606. The van der Waals surface area contributed by atoms with Gasteiger partial charge in [-0.1, -0.05) is 45.0 Å². The van der Waals surface area contributed by atoms with Crippen molar-refractivity contribution in [1.29, 1.82) is 0 Å². The van der Waals surface area contributed by atoms with E-state index < -0.39 is 8.80 Å². The van der Waals surface area contributed by atoms with Gasteiger partial charge in [0.05, 0.1) is 21.5 Å². The third kappa shape index (κ3) is 3.43. The van der Waals surface area contributed by atoms with Gasteiger partial charge < -0.3 is 4.74 Å². The summed E-state index contributed by atoms with van der Waals surface area (Å²) in [5.41, 5.74) is 2.03. The summed E-state index contributed by atoms with van der Waals surface area (Å²) in [6.45, 7) is 9.12. The molecular formula is C14H21O2Si. The van der Waals surface area contributed by atoms with E-state index in [4.69, 9.17) is 4.74 Å². The first-order valence-corrected chi connectivity index (χ1v) is 7.68. The Balaban J connectivity index is 2.96. The Morgan fingerprint density at radius 2 is 1.53 bits per heavy atom. The normalized spacial score (nSPS) is 11.3. The number of carbonyl (C=O) groups excluding carboxylic acids is 1. The SMILES string of the molecule is COC(=O)c1ccc([Si](C(C)C)C(C)C)cc1. The molecule has 3 heteroatoms. The van der Waals surface area contributed by atoms with Crippen LogP contribution in [0.2, 0.25) is 11.1 Å². The van der Waals surface area contributed by atoms with Crippen molar-refractivity contribution in [3.05, 3.63) is 29.8 Å². The molecule has 0 spiro atoms. The summed E-state index contributed by atoms with van der Waals surface area (Å²) in [6.07, 6.45) is 0. The molecule has 0 saturated carbocycles. The van der Waals surface area contributed by atoms with Crippen molar-refractivity contribution in [2.75, 3.05) is 7.11 Å². The minimum absolute atomic E-state index is 0.264. The lowest BCUT2D eigenvalue weighted by molar-refractivity contribution is 0.0601. The van der Waals surface area contributed by atoms with Gasteiger partial charge in [-0.05, 0) is 23.2 Å². The summed E-state index contributed by atoms with van der Waals surface area (Å²) in [5, 5.41) is 1.40. The monoisotopic (exact) mass is 249 g/mol. The molecule has 1 radical (unpaired) electrons. The van der Waals surface area contributed by atoms with Crippen LogP contribution in [0.15, 0.2) is 24.3 Å². The molecule has 0 aromatic heterocycles. The summed E-state index contributed by atoms with van der Waals surface area (Å²) < 4.78 is 4.70. The topological polar surface area (TPSA) is 26.3 Å². The zero-order chi connectivity index (χ0) is 13.0. The molecule has 0 N–H and O–H groups in total. The first-order chi connectivity index (χ1) is 7.97. The van der Waals surface area contributed by atoms with Crippen LogP contribution in [-0.2, 0) is 4.74 Å². The highest BCUT2D eigenvalue weighted by atomic mass is 28.3. The summed E-state index contributed by atoms with van der Waals surface area (Å²) in [4.78, 5) is 11.3. The maximum absolute atomic E-state index is 11.3. The van der Waals surface area contributed by atoms with E-state index in [-0.39, 0.29) is 5.97 Å². The highest BCUT2D eigenvalue weighted by Crippen LogP contribution is 2.20. The van der Waals surface area contributed by atoms with Crippen LogP contribution in [-0.4, -0.2) is 21.9 Å². The third-order valence-electron chi connectivity index (χ3n) is 2.88. The number of hydrogen-bond donors (Lipinski definition) is 0. The molecule has 0 bridgehead atoms. The second kappa shape index (κ2) is 6.01. The third-order valence-corrected chi connectivity index (χ3v) is 6.37. The molecule has 0 fully saturated rings. The summed E-state index contributed by atoms with van der Waals surface area (Å²) in [7, 11) is 0.854. The van der Waals surface area contributed by atoms with E-state index in [1.807, 2.05) is 12.1 Å². The minimum Gasteiger partial charge on any atom is -0.465 e. The molecule has 0 aliphatic carbocycles. The predicted octanol–water partition coefficient (Wildman–Crippen LogP) is 3.00. The number of esters is 1. The molecule has 2 nitrogen and oxygen atoms in total. The summed E-state index contributed by atoms with van der Waals surface area (Å²) in [5.74, 6) is -0.264. The molecule has 0 aliphatic heterocycles. The molecule has 0 aliphatic rings. The van der Waals surface area contributed by atoms with Gasteiger partial charge in [0.25, 0.3) is 0 Å². The second-order valence-corrected chi connectivity index (χ2v) is 8.63. The van der Waals surface area contributed by atoms with Gasteiger partial charge in [0.2, 0.25) is 0 Å². The summed E-state index contributed by atoms with van der Waals surface area (Å²) >= 11 is 0. The Morgan fingerprint density at radius 1 is 1.06 bits per heavy atom. The smallest absolute Gasteiger partial charge is 0.337 e. The van der Waals surface area contributed by atoms with Gasteiger partial charge in [-0.25, -0.2) is 4.79 Å². The predicted molar refractivity (Wildman–Crippen MR) is 73.4 cm³/mol. The lowest BCUT2D eigenvalue weighted by Crippen LogP contribution is -2.35. The number of hydrogen-bond acceptors (Lipinski definition) is 2. The van der Waals surface area contributed by atoms with Gasteiger partial charge in [0.1, 0.15) is 0 Å². The second-order valence-electron chi connectivity index (χ2n) is 4.83. The minimum atomic E-state index is -0.557. The zero-order valence-electron chi connectivity index (χ0n) is 11.3. The molecule has 1 aromatic carbocycles. The van der Waals surface area contributed by atoms with Crippen LogP contribution in [0.5, 0.6) is 0 Å². The molecule has 93 valence electrons. The fourth-order valence-electron chi connectivity index (χ4n) is 2.25. The van der Waals surface area contributed by atoms with Gasteiger partial charge in [0, 0.05) is 0 Å². The van der Waals surface area contributed by atoms with Gasteiger partial charge in [-0.2, -0.15) is 0 Å². The Kier molecular flexibility index (Phi) is 4.94. The van der Waals surface area contributed by atoms with Crippen molar-refractivity contribution in [2.45, 2.75) is 38.8 Å². The van der Waals surface area contributed by atoms with Crippen LogP contribution >= 0.6 is 0 Å². The number of carbonyl (C=O) groups is 1. The van der Waals surface area contributed by atoms with Crippen LogP contribution in [0.3, 0.4) is 0 Å². The van der Waals surface area contributed by atoms with Crippen molar-refractivity contribution in [1.82, 2.24) is 0 Å². The van der Waals surface area contributed by atoms with Gasteiger partial charge in [0.15, 0.2) is 0 Å². The van der Waals surface area contributed by atoms with Crippen LogP contribution in [0.1, 0.15) is 38.1 Å². The number of benzene rings is 1. The van der Waals surface area contributed by atoms with E-state index in [0.29, 0.717) is 16.6 Å². The molecular weight excluding hydrogens is 228 g/mol. The molecule has 17 heavy (non-hydrogen) atoms. The Morgan fingerprint density at radius 3 is 1.88 bits per heavy atom. The average molecular weight is 249 g/mol. The molecule has 1 rings (SSSR count). The van der Waals surface area contributed by atoms with Crippen molar-refractivity contribution in [3.8, 4) is 0 Å². The molecule has 0 heterocycles. The molecule has 0 amide bonds. The van der Waals surface area contributed by atoms with Crippen molar-refractivity contribution in [2.24, 2.45) is 0 Å². The van der Waals surface area contributed by atoms with Crippen molar-refractivity contribution < 1.29 is 9.53 Å². The molecule has 0 atom stereocenters. The summed E-state index contributed by atoms with van der Waals surface area (Å²) in [6, 6.07) is 7.91. The van der Waals surface area contributed by atoms with E-state index in [1.54, 1.807) is 0 Å². The average Bonchev–Trinajstić information content (AvgIpc) is 2.28. The van der Waals surface area contributed by atoms with Gasteiger partial charge >= 0.3 is 5.97 Å². The molecule has 1 aromatic rings. The van der Waals surface area contributed by atoms with Gasteiger partial charge in [-0.3, -0.25) is 0 Å². The van der Waals surface area contributed by atoms with Crippen molar-refractivity contribution >= 4 is 20.0 Å². The fourth-order valence-corrected chi connectivity index (χ4v) is 5.47. The largest absolute Gasteiger partial charge is 0.465 e. The lowest BCUT2D eigenvalue weighted by atomic mass is 10.2. The highest BCUT2D eigenvalue weighted by Gasteiger charge is 2.22. The van der Waals surface area contributed by atoms with Crippen LogP contribution < -0.4 is 5.19 Å². The highest BCUT2D eigenvalue weighted by molar-refractivity contribution is 6.75. The number of rotatable bonds is 4. The molecule has 0 unspecified atom stereocenters. The Hall–Kier alpha value is -1.09. The number of methoxy groups -OCH3 is 1. The maximum Gasteiger partial charge on any atom is 0.337 e. The van der Waals surface area contributed by atoms with Crippen molar-refractivity contribution in [3.63, 3.8) is 0 Å². The van der Waals surface area contributed by atoms with Crippen LogP contribution in [0.25, 0.3) is 0 Å². The first kappa shape index (κ1) is 14.0. The Labute approximate surface area is 106 Å². The fraction of sp³-hybridized carbons (Fsp3) is 0.500. The lowest BCUT2D eigenvalue weighted by Gasteiger charge is -2.23. The standard InChI is InChI=1S/C14H21O2Si/c1-10(2)17(11(3)4)13-8-6-12(7-9-13)14(15)16-5/h6-11H,1-5H3. The van der Waals surface area contributed by atoms with E-state index in [9.17, 15) is 4.79 Å². The van der Waals surface area contributed by atoms with Crippen LogP contribution in [0.4, 0.5) is 0 Å². The van der Waals surface area contributed by atoms with Gasteiger partial charge in [-0.15, -0.1) is 0 Å². The maximum atomic E-state index is 11.3. The Bertz CT molecular complexity index is 360. The zero-order valence-corrected chi connectivity index (χ0v) is 12.3. The number of ether oxygens (including phenoxy) is 1. The first-order valence-electron chi connectivity index (χ1n) is 6.02. The van der Waals surface area contributed by atoms with E-state index >= 15 is 0 Å². The van der Waals surface area contributed by atoms with E-state index in [1.165, 1.54) is 12.3 Å².